The van der Waals surface area contributed by atoms with E-state index in [-0.39, 0.29) is 0 Å². The first-order chi connectivity index (χ1) is 8.76. The molecule has 0 aromatic heterocycles. The summed E-state index contributed by atoms with van der Waals surface area (Å²) in [4.78, 5) is 2.36. The lowest BCUT2D eigenvalue weighted by Gasteiger charge is -2.26. The van der Waals surface area contributed by atoms with E-state index in [1.165, 1.54) is 38.5 Å². The van der Waals surface area contributed by atoms with Gasteiger partial charge in [0.05, 0.1) is 5.82 Å². The first-order valence-electron chi connectivity index (χ1n) is 7.58. The zero-order valence-corrected chi connectivity index (χ0v) is 12.7. The molecule has 0 aliphatic carbocycles. The van der Waals surface area contributed by atoms with Gasteiger partial charge in [-0.3, -0.25) is 0 Å². The molecule has 0 aliphatic heterocycles. The Morgan fingerprint density at radius 3 is 2.00 bits per heavy atom. The molecule has 0 aromatic rings. The zero-order valence-electron chi connectivity index (χ0n) is 12.7. The van der Waals surface area contributed by atoms with Crippen molar-refractivity contribution in [2.45, 2.75) is 52.4 Å². The van der Waals surface area contributed by atoms with Crippen molar-refractivity contribution in [2.75, 3.05) is 33.2 Å². The topological polar surface area (TPSA) is 27.3 Å². The molecule has 0 rings (SSSR count). The number of nitrogens with zero attached hydrogens (tertiary/aromatic N) is 1. The second-order valence-corrected chi connectivity index (χ2v) is 4.88. The molecule has 0 spiro atoms. The van der Waals surface area contributed by atoms with Gasteiger partial charge in [0.1, 0.15) is 0 Å². The molecule has 108 valence electrons. The van der Waals surface area contributed by atoms with Crippen LogP contribution >= 0.6 is 0 Å². The Labute approximate surface area is 114 Å². The summed E-state index contributed by atoms with van der Waals surface area (Å²) in [7, 11) is 2.02. The minimum absolute atomic E-state index is 1.06. The van der Waals surface area contributed by atoms with Gasteiger partial charge in [0.2, 0.25) is 0 Å². The number of rotatable bonds is 13. The molecule has 0 saturated carbocycles. The molecule has 0 fully saturated rings. The predicted molar refractivity (Wildman–Crippen MR) is 81.7 cm³/mol. The van der Waals surface area contributed by atoms with Crippen molar-refractivity contribution in [1.82, 2.24) is 15.5 Å². The second-order valence-electron chi connectivity index (χ2n) is 4.88. The van der Waals surface area contributed by atoms with Crippen LogP contribution in [0, 0.1) is 0 Å². The Balaban J connectivity index is 3.54. The van der Waals surface area contributed by atoms with Crippen LogP contribution in [-0.4, -0.2) is 38.1 Å². The fraction of sp³-hybridized carbons (Fsp3) is 0.867. The summed E-state index contributed by atoms with van der Waals surface area (Å²) in [5.74, 6) is 1.11. The molecule has 0 aromatic carbocycles. The molecule has 0 bridgehead atoms. The van der Waals surface area contributed by atoms with E-state index in [0.717, 1.165) is 32.0 Å². The fourth-order valence-electron chi connectivity index (χ4n) is 2.05. The van der Waals surface area contributed by atoms with Crippen LogP contribution in [0.1, 0.15) is 52.4 Å². The van der Waals surface area contributed by atoms with Gasteiger partial charge in [-0.15, -0.1) is 0 Å². The number of hydrogen-bond donors (Lipinski definition) is 2. The monoisotopic (exact) mass is 255 g/mol. The van der Waals surface area contributed by atoms with Crippen molar-refractivity contribution in [2.24, 2.45) is 0 Å². The first-order valence-corrected chi connectivity index (χ1v) is 7.58. The van der Waals surface area contributed by atoms with Crippen LogP contribution in [0.2, 0.25) is 0 Å². The number of unbranched alkanes of at least 4 members (excludes halogenated alkanes) is 3. The van der Waals surface area contributed by atoms with E-state index < -0.39 is 0 Å². The van der Waals surface area contributed by atoms with Gasteiger partial charge in [-0.25, -0.2) is 0 Å². The molecule has 0 unspecified atom stereocenters. The molecule has 0 saturated heterocycles. The Morgan fingerprint density at radius 1 is 0.944 bits per heavy atom. The number of nitrogens with one attached hydrogen (secondary N) is 2. The third kappa shape index (κ3) is 9.34. The lowest BCUT2D eigenvalue weighted by molar-refractivity contribution is 0.320. The van der Waals surface area contributed by atoms with E-state index in [1.54, 1.807) is 0 Å². The highest BCUT2D eigenvalue weighted by atomic mass is 15.2. The molecule has 0 heterocycles. The average Bonchev–Trinajstić information content (AvgIpc) is 2.37. The van der Waals surface area contributed by atoms with Crippen LogP contribution in [0.15, 0.2) is 12.4 Å². The van der Waals surface area contributed by atoms with Gasteiger partial charge >= 0.3 is 0 Å². The maximum Gasteiger partial charge on any atom is 0.0938 e. The third-order valence-corrected chi connectivity index (χ3v) is 3.05. The summed E-state index contributed by atoms with van der Waals surface area (Å²) in [6, 6.07) is 0. The van der Waals surface area contributed by atoms with Crippen molar-refractivity contribution in [3.05, 3.63) is 12.4 Å². The maximum absolute atomic E-state index is 4.14. The first kappa shape index (κ1) is 17.3. The summed E-state index contributed by atoms with van der Waals surface area (Å²) >= 11 is 0. The Hall–Kier alpha value is -0.700. The normalized spacial score (nSPS) is 10.4. The van der Waals surface area contributed by atoms with Crippen LogP contribution in [0.25, 0.3) is 0 Å². The lowest BCUT2D eigenvalue weighted by atomic mass is 10.2. The highest BCUT2D eigenvalue weighted by Crippen LogP contribution is 2.03. The van der Waals surface area contributed by atoms with E-state index in [9.17, 15) is 0 Å². The standard InChI is InChI=1S/C15H33N3/c1-5-13-18(14-6-2)15(3)17-12-10-8-7-9-11-16-4/h16-17H,3,5-14H2,1-2,4H3. The lowest BCUT2D eigenvalue weighted by Crippen LogP contribution is -2.32. The van der Waals surface area contributed by atoms with E-state index in [1.807, 2.05) is 7.05 Å². The van der Waals surface area contributed by atoms with Gasteiger partial charge in [-0.05, 0) is 39.3 Å². The van der Waals surface area contributed by atoms with Crippen molar-refractivity contribution >= 4 is 0 Å². The van der Waals surface area contributed by atoms with E-state index in [0.29, 0.717) is 0 Å². The van der Waals surface area contributed by atoms with Crippen LogP contribution < -0.4 is 10.6 Å². The van der Waals surface area contributed by atoms with Gasteiger partial charge in [0.25, 0.3) is 0 Å². The summed E-state index contributed by atoms with van der Waals surface area (Å²) in [5, 5.41) is 6.64. The van der Waals surface area contributed by atoms with Gasteiger partial charge in [-0.2, -0.15) is 0 Å². The molecule has 3 nitrogen and oxygen atoms in total. The molecule has 0 radical (unpaired) electrons. The molecule has 0 atom stereocenters. The fourth-order valence-corrected chi connectivity index (χ4v) is 2.05. The van der Waals surface area contributed by atoms with Crippen LogP contribution in [-0.2, 0) is 0 Å². The largest absolute Gasteiger partial charge is 0.372 e. The Bertz CT molecular complexity index is 186. The van der Waals surface area contributed by atoms with E-state index in [2.05, 4.69) is 36.0 Å². The van der Waals surface area contributed by atoms with Crippen LogP contribution in [0.5, 0.6) is 0 Å². The van der Waals surface area contributed by atoms with E-state index >= 15 is 0 Å². The summed E-state index contributed by atoms with van der Waals surface area (Å²) in [5.41, 5.74) is 0. The predicted octanol–water partition coefficient (Wildman–Crippen LogP) is 2.95. The molecule has 0 amide bonds. The Kier molecular flexibility index (Phi) is 12.3. The minimum Gasteiger partial charge on any atom is -0.372 e. The summed E-state index contributed by atoms with van der Waals surface area (Å²) in [6.45, 7) is 13.0. The number of hydrogen-bond acceptors (Lipinski definition) is 3. The molecule has 18 heavy (non-hydrogen) atoms. The van der Waals surface area contributed by atoms with Gasteiger partial charge in [-0.1, -0.05) is 33.3 Å². The van der Waals surface area contributed by atoms with Gasteiger partial charge < -0.3 is 15.5 Å². The SMILES string of the molecule is C=C(NCCCCCCNC)N(CCC)CCC. The quantitative estimate of drug-likeness (QED) is 0.496. The molecule has 2 N–H and O–H groups in total. The van der Waals surface area contributed by atoms with Crippen molar-refractivity contribution < 1.29 is 0 Å². The maximum atomic E-state index is 4.14. The zero-order chi connectivity index (χ0) is 13.6. The minimum atomic E-state index is 1.06. The van der Waals surface area contributed by atoms with E-state index in [4.69, 9.17) is 0 Å². The van der Waals surface area contributed by atoms with Gasteiger partial charge in [0, 0.05) is 19.6 Å². The second kappa shape index (κ2) is 12.7. The summed E-state index contributed by atoms with van der Waals surface area (Å²) < 4.78 is 0. The molecule has 0 aliphatic rings. The Morgan fingerprint density at radius 2 is 1.50 bits per heavy atom. The third-order valence-electron chi connectivity index (χ3n) is 3.05. The van der Waals surface area contributed by atoms with Crippen LogP contribution in [0.3, 0.4) is 0 Å². The van der Waals surface area contributed by atoms with Crippen molar-refractivity contribution in [3.8, 4) is 0 Å². The average molecular weight is 255 g/mol. The summed E-state index contributed by atoms with van der Waals surface area (Å²) in [6.07, 6.45) is 7.53. The van der Waals surface area contributed by atoms with Crippen molar-refractivity contribution in [1.29, 1.82) is 0 Å². The highest BCUT2D eigenvalue weighted by molar-refractivity contribution is 4.90. The molecular formula is C15H33N3. The van der Waals surface area contributed by atoms with Crippen molar-refractivity contribution in [3.63, 3.8) is 0 Å². The van der Waals surface area contributed by atoms with Gasteiger partial charge in [0.15, 0.2) is 0 Å². The highest BCUT2D eigenvalue weighted by Gasteiger charge is 2.04. The smallest absolute Gasteiger partial charge is 0.0938 e. The van der Waals surface area contributed by atoms with Crippen LogP contribution in [0.4, 0.5) is 0 Å². The molecule has 3 heteroatoms. The molecular weight excluding hydrogens is 222 g/mol.